The van der Waals surface area contributed by atoms with Crippen LogP contribution in [-0.2, 0) is 14.3 Å². The van der Waals surface area contributed by atoms with Crippen molar-refractivity contribution in [2.24, 2.45) is 0 Å². The van der Waals surface area contributed by atoms with E-state index in [1.807, 2.05) is 31.4 Å². The molecule has 29 heavy (non-hydrogen) atoms. The van der Waals surface area contributed by atoms with Gasteiger partial charge in [0.25, 0.3) is 5.91 Å². The van der Waals surface area contributed by atoms with E-state index < -0.39 is 18.5 Å². The molecule has 0 aromatic heterocycles. The number of carbonyl (C=O) groups is 2. The highest BCUT2D eigenvalue weighted by Crippen LogP contribution is 2.32. The fourth-order valence-corrected chi connectivity index (χ4v) is 3.35. The molecule has 0 spiro atoms. The van der Waals surface area contributed by atoms with E-state index >= 15 is 0 Å². The minimum absolute atomic E-state index is 0.179. The van der Waals surface area contributed by atoms with E-state index in [1.165, 1.54) is 6.08 Å². The molecule has 0 aliphatic carbocycles. The normalized spacial score (nSPS) is 11.9. The average Bonchev–Trinajstić information content (AvgIpc) is 3.15. The van der Waals surface area contributed by atoms with Gasteiger partial charge < -0.3 is 19.5 Å². The van der Waals surface area contributed by atoms with Gasteiger partial charge in [-0.2, -0.15) is 5.26 Å². The van der Waals surface area contributed by atoms with Crippen LogP contribution in [0.15, 0.2) is 41.3 Å². The van der Waals surface area contributed by atoms with Gasteiger partial charge in [0.1, 0.15) is 5.40 Å². The van der Waals surface area contributed by atoms with Crippen LogP contribution in [0.25, 0.3) is 6.08 Å². The smallest absolute Gasteiger partial charge is 0.331 e. The molecular weight excluding hydrogens is 392 g/mol. The van der Waals surface area contributed by atoms with Gasteiger partial charge in [0.05, 0.1) is 0 Å². The number of amides is 1. The van der Waals surface area contributed by atoms with Crippen molar-refractivity contribution in [1.29, 1.82) is 5.26 Å². The van der Waals surface area contributed by atoms with Crippen molar-refractivity contribution in [3.8, 4) is 16.9 Å². The van der Waals surface area contributed by atoms with Crippen LogP contribution in [0.2, 0.25) is 0 Å². The summed E-state index contributed by atoms with van der Waals surface area (Å²) in [4.78, 5) is 24.8. The van der Waals surface area contributed by atoms with Crippen LogP contribution in [0.3, 0.4) is 0 Å². The number of nitrogens with one attached hydrogen (secondary N) is 1. The summed E-state index contributed by atoms with van der Waals surface area (Å²) in [6.45, 7) is 3.45. The minimum Gasteiger partial charge on any atom is -0.454 e. The van der Waals surface area contributed by atoms with Crippen molar-refractivity contribution in [2.45, 2.75) is 18.7 Å². The molecule has 0 atom stereocenters. The molecule has 148 valence electrons. The standard InChI is InChI=1S/C21H18N2O5S/c1-13-7-16(29-11-22)8-14(2)21(13)23-19(24)10-26-20(25)6-4-15-3-5-17-18(9-15)28-12-27-17/h3-9H,10,12H2,1-2H3,(H,23,24)/b6-4+. The number of thioether (sulfide) groups is 1. The Morgan fingerprint density at radius 3 is 2.66 bits per heavy atom. The number of nitriles is 1. The second-order valence-electron chi connectivity index (χ2n) is 6.23. The molecule has 0 fully saturated rings. The molecule has 0 bridgehead atoms. The lowest BCUT2D eigenvalue weighted by Crippen LogP contribution is -2.21. The third-order valence-corrected chi connectivity index (χ3v) is 4.65. The third-order valence-electron chi connectivity index (χ3n) is 4.09. The summed E-state index contributed by atoms with van der Waals surface area (Å²) in [5, 5.41) is 13.5. The molecule has 8 heteroatoms. The van der Waals surface area contributed by atoms with Gasteiger partial charge in [-0.1, -0.05) is 6.07 Å². The Bertz CT molecular complexity index is 1000. The summed E-state index contributed by atoms with van der Waals surface area (Å²) in [6.07, 6.45) is 2.82. The first kappa shape index (κ1) is 20.3. The van der Waals surface area contributed by atoms with Gasteiger partial charge >= 0.3 is 5.97 Å². The molecule has 0 radical (unpaired) electrons. The van der Waals surface area contributed by atoms with Crippen LogP contribution in [-0.4, -0.2) is 25.3 Å². The van der Waals surface area contributed by atoms with Gasteiger partial charge in [0, 0.05) is 16.7 Å². The Kier molecular flexibility index (Phi) is 6.42. The van der Waals surface area contributed by atoms with Crippen molar-refractivity contribution >= 4 is 35.4 Å². The first-order valence-electron chi connectivity index (χ1n) is 8.68. The number of hydrogen-bond acceptors (Lipinski definition) is 7. The number of carbonyl (C=O) groups excluding carboxylic acids is 2. The maximum atomic E-state index is 12.1. The minimum atomic E-state index is -0.632. The molecule has 0 saturated heterocycles. The van der Waals surface area contributed by atoms with Crippen molar-refractivity contribution < 1.29 is 23.8 Å². The molecule has 0 saturated carbocycles. The van der Waals surface area contributed by atoms with Crippen molar-refractivity contribution in [3.63, 3.8) is 0 Å². The number of anilines is 1. The van der Waals surface area contributed by atoms with Gasteiger partial charge in [0.2, 0.25) is 6.79 Å². The van der Waals surface area contributed by atoms with E-state index in [2.05, 4.69) is 5.32 Å². The lowest BCUT2D eigenvalue weighted by molar-refractivity contribution is -0.142. The largest absolute Gasteiger partial charge is 0.454 e. The summed E-state index contributed by atoms with van der Waals surface area (Å²) in [7, 11) is 0. The van der Waals surface area contributed by atoms with Crippen LogP contribution in [0, 0.1) is 24.5 Å². The third kappa shape index (κ3) is 5.30. The molecule has 1 amide bonds. The zero-order valence-electron chi connectivity index (χ0n) is 15.9. The Morgan fingerprint density at radius 2 is 1.93 bits per heavy atom. The van der Waals surface area contributed by atoms with Crippen LogP contribution in [0.4, 0.5) is 5.69 Å². The van der Waals surface area contributed by atoms with E-state index in [-0.39, 0.29) is 6.79 Å². The monoisotopic (exact) mass is 410 g/mol. The molecule has 2 aromatic rings. The van der Waals surface area contributed by atoms with E-state index in [9.17, 15) is 9.59 Å². The van der Waals surface area contributed by atoms with Crippen LogP contribution in [0.5, 0.6) is 11.5 Å². The van der Waals surface area contributed by atoms with E-state index in [0.29, 0.717) is 17.2 Å². The van der Waals surface area contributed by atoms with Crippen molar-refractivity contribution in [3.05, 3.63) is 53.1 Å². The highest BCUT2D eigenvalue weighted by atomic mass is 32.2. The molecule has 3 rings (SSSR count). The predicted molar refractivity (Wildman–Crippen MR) is 109 cm³/mol. The quantitative estimate of drug-likeness (QED) is 0.335. The second kappa shape index (κ2) is 9.17. The fourth-order valence-electron chi connectivity index (χ4n) is 2.77. The van der Waals surface area contributed by atoms with Crippen LogP contribution >= 0.6 is 11.8 Å². The Labute approximate surface area is 172 Å². The molecule has 1 N–H and O–H groups in total. The predicted octanol–water partition coefficient (Wildman–Crippen LogP) is 3.80. The first-order valence-corrected chi connectivity index (χ1v) is 9.49. The lowest BCUT2D eigenvalue weighted by atomic mass is 10.1. The van der Waals surface area contributed by atoms with E-state index in [1.54, 1.807) is 24.3 Å². The summed E-state index contributed by atoms with van der Waals surface area (Å²) in [5.74, 6) is 0.199. The first-order chi connectivity index (χ1) is 14.0. The number of hydrogen-bond donors (Lipinski definition) is 1. The maximum Gasteiger partial charge on any atom is 0.331 e. The highest BCUT2D eigenvalue weighted by molar-refractivity contribution is 8.03. The summed E-state index contributed by atoms with van der Waals surface area (Å²) < 4.78 is 15.5. The SMILES string of the molecule is Cc1cc(SC#N)cc(C)c1NC(=O)COC(=O)/C=C/c1ccc2c(c1)OCO2. The number of nitrogens with zero attached hydrogens (tertiary/aromatic N) is 1. The Morgan fingerprint density at radius 1 is 1.21 bits per heavy atom. The summed E-state index contributed by atoms with van der Waals surface area (Å²) in [6, 6.07) is 8.92. The number of benzene rings is 2. The number of aryl methyl sites for hydroxylation is 2. The van der Waals surface area contributed by atoms with Gasteiger partial charge in [-0.3, -0.25) is 4.79 Å². The number of ether oxygens (including phenoxy) is 3. The second-order valence-corrected chi connectivity index (χ2v) is 7.09. The van der Waals surface area contributed by atoms with Gasteiger partial charge in [-0.25, -0.2) is 4.79 Å². The summed E-state index contributed by atoms with van der Waals surface area (Å²) in [5.41, 5.74) is 3.04. The van der Waals surface area contributed by atoms with Gasteiger partial charge in [0.15, 0.2) is 18.1 Å². The van der Waals surface area contributed by atoms with Crippen LogP contribution < -0.4 is 14.8 Å². The molecule has 2 aromatic carbocycles. The molecular formula is C21H18N2O5S. The number of thiocyanates is 1. The average molecular weight is 410 g/mol. The Hall–Kier alpha value is -3.44. The van der Waals surface area contributed by atoms with Crippen molar-refractivity contribution in [2.75, 3.05) is 18.7 Å². The maximum absolute atomic E-state index is 12.1. The summed E-state index contributed by atoms with van der Waals surface area (Å²) >= 11 is 1.06. The molecule has 0 unspecified atom stereocenters. The molecule has 1 aliphatic rings. The topological polar surface area (TPSA) is 97.7 Å². The number of rotatable bonds is 6. The number of esters is 1. The van der Waals surface area contributed by atoms with Gasteiger partial charge in [-0.15, -0.1) is 0 Å². The lowest BCUT2D eigenvalue weighted by Gasteiger charge is -2.12. The van der Waals surface area contributed by atoms with Crippen molar-refractivity contribution in [1.82, 2.24) is 0 Å². The molecule has 1 heterocycles. The zero-order valence-corrected chi connectivity index (χ0v) is 16.7. The van der Waals surface area contributed by atoms with Gasteiger partial charge in [-0.05, 0) is 72.6 Å². The van der Waals surface area contributed by atoms with E-state index in [4.69, 9.17) is 19.5 Å². The Balaban J connectivity index is 1.53. The fraction of sp³-hybridized carbons (Fsp3) is 0.190. The number of fused-ring (bicyclic) bond motifs is 1. The van der Waals surface area contributed by atoms with Crippen LogP contribution in [0.1, 0.15) is 16.7 Å². The highest BCUT2D eigenvalue weighted by Gasteiger charge is 2.13. The zero-order chi connectivity index (χ0) is 20.8. The van der Waals surface area contributed by atoms with E-state index in [0.717, 1.165) is 33.3 Å². The molecule has 1 aliphatic heterocycles. The molecule has 7 nitrogen and oxygen atoms in total.